The highest BCUT2D eigenvalue weighted by Crippen LogP contribution is 2.59. The van der Waals surface area contributed by atoms with Crippen LogP contribution >= 0.6 is 0 Å². The molecule has 0 aromatic heterocycles. The van der Waals surface area contributed by atoms with Crippen molar-refractivity contribution in [3.63, 3.8) is 0 Å². The van der Waals surface area contributed by atoms with Gasteiger partial charge >= 0.3 is 0 Å². The maximum atomic E-state index is 12.5. The number of ketones is 1. The maximum Gasteiger partial charge on any atom is 0.138 e. The Morgan fingerprint density at radius 3 is 2.83 bits per heavy atom. The lowest BCUT2D eigenvalue weighted by molar-refractivity contribution is -0.172. The average molecular weight is 247 g/mol. The van der Waals surface area contributed by atoms with Crippen molar-refractivity contribution in [3.05, 3.63) is 0 Å². The molecule has 2 saturated carbocycles. The predicted molar refractivity (Wildman–Crippen MR) is 71.3 cm³/mol. The second-order valence-electron chi connectivity index (χ2n) is 7.40. The second kappa shape index (κ2) is 3.82. The van der Waals surface area contributed by atoms with E-state index in [1.54, 1.807) is 0 Å². The molecule has 2 nitrogen and oxygen atoms in total. The van der Waals surface area contributed by atoms with Gasteiger partial charge in [-0.2, -0.15) is 0 Å². The average Bonchev–Trinajstić information content (AvgIpc) is 2.33. The molecule has 100 valence electrons. The molecular weight excluding hydrogens is 222 g/mol. The summed E-state index contributed by atoms with van der Waals surface area (Å²) < 4.78 is 0. The van der Waals surface area contributed by atoms with Gasteiger partial charge in [0.25, 0.3) is 0 Å². The van der Waals surface area contributed by atoms with E-state index in [2.05, 4.69) is 11.8 Å². The smallest absolute Gasteiger partial charge is 0.138 e. The van der Waals surface area contributed by atoms with Crippen molar-refractivity contribution >= 4 is 5.78 Å². The minimum atomic E-state index is 0.314. The summed E-state index contributed by atoms with van der Waals surface area (Å²) in [5.41, 5.74) is 0.314. The Balaban J connectivity index is 1.82. The van der Waals surface area contributed by atoms with Crippen molar-refractivity contribution in [2.75, 3.05) is 13.1 Å². The van der Waals surface area contributed by atoms with Gasteiger partial charge in [0.2, 0.25) is 0 Å². The van der Waals surface area contributed by atoms with Gasteiger partial charge in [0.05, 0.1) is 0 Å². The molecule has 2 heterocycles. The van der Waals surface area contributed by atoms with E-state index < -0.39 is 0 Å². The number of hydrogen-bond donors (Lipinski definition) is 0. The standard InChI is InChI=1S/C16H25NO/c1-11-8-12-9-15(18)14-5-3-7-17-6-2-4-13(12)16(14,17)10-11/h11-14H,2-10H2,1H3/t11-,12?,13-,14?,16-/m1/s1. The van der Waals surface area contributed by atoms with E-state index in [0.717, 1.165) is 24.2 Å². The fraction of sp³-hybridized carbons (Fsp3) is 0.938. The van der Waals surface area contributed by atoms with Crippen molar-refractivity contribution in [1.82, 2.24) is 4.90 Å². The summed E-state index contributed by atoms with van der Waals surface area (Å²) in [5, 5.41) is 0. The zero-order valence-electron chi connectivity index (χ0n) is 11.5. The molecule has 1 spiro atoms. The Kier molecular flexibility index (Phi) is 2.43. The molecule has 4 rings (SSSR count). The second-order valence-corrected chi connectivity index (χ2v) is 7.40. The minimum Gasteiger partial charge on any atom is -0.299 e. The van der Waals surface area contributed by atoms with Crippen molar-refractivity contribution in [2.45, 2.75) is 57.4 Å². The predicted octanol–water partition coefficient (Wildman–Crippen LogP) is 2.87. The third-order valence-corrected chi connectivity index (χ3v) is 6.50. The van der Waals surface area contributed by atoms with E-state index in [4.69, 9.17) is 0 Å². The van der Waals surface area contributed by atoms with Crippen LogP contribution in [0.2, 0.25) is 0 Å². The van der Waals surface area contributed by atoms with Gasteiger partial charge in [0.15, 0.2) is 0 Å². The first kappa shape index (κ1) is 11.5. The Morgan fingerprint density at radius 2 is 2.00 bits per heavy atom. The van der Waals surface area contributed by atoms with Crippen molar-refractivity contribution in [2.24, 2.45) is 23.7 Å². The molecule has 5 atom stereocenters. The lowest BCUT2D eigenvalue weighted by Crippen LogP contribution is -2.71. The number of nitrogens with zero attached hydrogens (tertiary/aromatic N) is 1. The van der Waals surface area contributed by atoms with Crippen molar-refractivity contribution in [1.29, 1.82) is 0 Å². The van der Waals surface area contributed by atoms with Crippen molar-refractivity contribution < 1.29 is 4.79 Å². The Labute approximate surface area is 110 Å². The van der Waals surface area contributed by atoms with Crippen LogP contribution in [0.3, 0.4) is 0 Å². The highest BCUT2D eigenvalue weighted by molar-refractivity contribution is 5.84. The number of Topliss-reactive ketones (excluding diaryl/α,β-unsaturated/α-hetero) is 1. The lowest BCUT2D eigenvalue weighted by Gasteiger charge is -2.65. The zero-order chi connectivity index (χ0) is 12.3. The van der Waals surface area contributed by atoms with Gasteiger partial charge in [-0.3, -0.25) is 9.69 Å². The molecule has 0 radical (unpaired) electrons. The van der Waals surface area contributed by atoms with Gasteiger partial charge in [-0.25, -0.2) is 0 Å². The fourth-order valence-corrected chi connectivity index (χ4v) is 6.18. The molecule has 2 bridgehead atoms. The normalized spacial score (nSPS) is 51.9. The van der Waals surface area contributed by atoms with Gasteiger partial charge in [-0.1, -0.05) is 6.92 Å². The molecule has 2 unspecified atom stereocenters. The van der Waals surface area contributed by atoms with Crippen LogP contribution < -0.4 is 0 Å². The summed E-state index contributed by atoms with van der Waals surface area (Å²) in [6.45, 7) is 4.95. The van der Waals surface area contributed by atoms with Crippen LogP contribution in [0.1, 0.15) is 51.9 Å². The topological polar surface area (TPSA) is 20.3 Å². The van der Waals surface area contributed by atoms with Crippen LogP contribution in [0.25, 0.3) is 0 Å². The van der Waals surface area contributed by atoms with Gasteiger partial charge in [-0.05, 0) is 69.4 Å². The van der Waals surface area contributed by atoms with E-state index in [0.29, 0.717) is 17.2 Å². The number of carbonyl (C=O) groups is 1. The van der Waals surface area contributed by atoms with E-state index >= 15 is 0 Å². The van der Waals surface area contributed by atoms with E-state index in [1.165, 1.54) is 51.6 Å². The zero-order valence-corrected chi connectivity index (χ0v) is 11.5. The highest BCUT2D eigenvalue weighted by Gasteiger charge is 2.62. The van der Waals surface area contributed by atoms with E-state index in [1.807, 2.05) is 0 Å². The Bertz CT molecular complexity index is 377. The molecule has 4 fully saturated rings. The first-order chi connectivity index (χ1) is 8.72. The quantitative estimate of drug-likeness (QED) is 0.656. The molecule has 2 heteroatoms. The third kappa shape index (κ3) is 1.31. The molecule has 0 amide bonds. The summed E-state index contributed by atoms with van der Waals surface area (Å²) in [7, 11) is 0. The SMILES string of the molecule is C[C@@H]1CC2CC(=O)C3CCCN4CCC[C@H]2[C@]34C1. The Hall–Kier alpha value is -0.370. The van der Waals surface area contributed by atoms with Crippen LogP contribution in [0, 0.1) is 23.7 Å². The van der Waals surface area contributed by atoms with Crippen LogP contribution in [-0.2, 0) is 4.79 Å². The molecule has 18 heavy (non-hydrogen) atoms. The molecule has 2 saturated heterocycles. The first-order valence-corrected chi connectivity index (χ1v) is 7.99. The molecular formula is C16H25NO. The fourth-order valence-electron chi connectivity index (χ4n) is 6.18. The minimum absolute atomic E-state index is 0.314. The molecule has 2 aliphatic carbocycles. The largest absolute Gasteiger partial charge is 0.299 e. The molecule has 0 aromatic rings. The summed E-state index contributed by atoms with van der Waals surface area (Å²) in [5.74, 6) is 3.43. The molecule has 2 aliphatic heterocycles. The van der Waals surface area contributed by atoms with E-state index in [9.17, 15) is 4.79 Å². The van der Waals surface area contributed by atoms with Crippen LogP contribution in [0.4, 0.5) is 0 Å². The maximum absolute atomic E-state index is 12.5. The summed E-state index contributed by atoms with van der Waals surface area (Å²) in [6, 6.07) is 0. The molecule has 4 aliphatic rings. The highest BCUT2D eigenvalue weighted by atomic mass is 16.1. The van der Waals surface area contributed by atoms with Gasteiger partial charge in [-0.15, -0.1) is 0 Å². The summed E-state index contributed by atoms with van der Waals surface area (Å²) in [6.07, 6.45) is 8.75. The summed E-state index contributed by atoms with van der Waals surface area (Å²) in [4.78, 5) is 15.3. The number of piperidine rings is 2. The first-order valence-electron chi connectivity index (χ1n) is 7.99. The number of hydrogen-bond acceptors (Lipinski definition) is 2. The molecule has 0 N–H and O–H groups in total. The lowest BCUT2D eigenvalue weighted by atomic mass is 9.48. The molecule has 0 aromatic carbocycles. The van der Waals surface area contributed by atoms with Gasteiger partial charge < -0.3 is 0 Å². The van der Waals surface area contributed by atoms with Crippen LogP contribution in [0.15, 0.2) is 0 Å². The number of carbonyl (C=O) groups excluding carboxylic acids is 1. The number of rotatable bonds is 0. The van der Waals surface area contributed by atoms with E-state index in [-0.39, 0.29) is 0 Å². The summed E-state index contributed by atoms with van der Waals surface area (Å²) >= 11 is 0. The monoisotopic (exact) mass is 247 g/mol. The Morgan fingerprint density at radius 1 is 1.22 bits per heavy atom. The van der Waals surface area contributed by atoms with Gasteiger partial charge in [0, 0.05) is 17.9 Å². The third-order valence-electron chi connectivity index (χ3n) is 6.50. The van der Waals surface area contributed by atoms with Crippen LogP contribution in [-0.4, -0.2) is 29.3 Å². The van der Waals surface area contributed by atoms with Crippen LogP contribution in [0.5, 0.6) is 0 Å². The van der Waals surface area contributed by atoms with Crippen molar-refractivity contribution in [3.8, 4) is 0 Å². The van der Waals surface area contributed by atoms with Gasteiger partial charge in [0.1, 0.15) is 5.78 Å².